The highest BCUT2D eigenvalue weighted by Gasteiger charge is 2.45. The Balaban J connectivity index is 0.0000000899. The molecule has 10 N–H and O–H groups in total. The molecule has 124 heavy (non-hydrogen) atoms. The van der Waals surface area contributed by atoms with Crippen LogP contribution in [0.5, 0.6) is 0 Å². The Labute approximate surface area is 700 Å². The fraction of sp³-hybridized carbons (Fsp3) is 0.0562. The van der Waals surface area contributed by atoms with Crippen LogP contribution >= 0.6 is 0 Å². The third-order valence-electron chi connectivity index (χ3n) is 23.9. The molecule has 22 aromatic rings. The fourth-order valence-corrected chi connectivity index (χ4v) is 19.4. The van der Waals surface area contributed by atoms with Gasteiger partial charge >= 0.3 is 53.5 Å². The van der Waals surface area contributed by atoms with Gasteiger partial charge in [0.15, 0.2) is 66.8 Å². The van der Waals surface area contributed by atoms with Crippen LogP contribution in [0.1, 0.15) is 27.8 Å². The van der Waals surface area contributed by atoms with Gasteiger partial charge in [0.25, 0.3) is 22.4 Å². The van der Waals surface area contributed by atoms with Crippen molar-refractivity contribution in [1.82, 2.24) is 24.2 Å². The summed E-state index contributed by atoms with van der Waals surface area (Å²) in [4.78, 5) is 9.13. The van der Waals surface area contributed by atoms with E-state index in [4.69, 9.17) is 23.8 Å². The lowest BCUT2D eigenvalue weighted by molar-refractivity contribution is -0.844. The summed E-state index contributed by atoms with van der Waals surface area (Å²) in [5.74, 6) is 0. The molecule has 0 aliphatic carbocycles. The topological polar surface area (TPSA) is 328 Å². The second-order valence-electron chi connectivity index (χ2n) is 30.7. The van der Waals surface area contributed by atoms with Gasteiger partial charge in [-0.05, 0) is 89.7 Å². The molecule has 35 heteroatoms. The second kappa shape index (κ2) is 28.9. The van der Waals surface area contributed by atoms with E-state index < -0.39 is 36.6 Å². The summed E-state index contributed by atoms with van der Waals surface area (Å²) in [6.07, 6.45) is 24.7. The molecule has 594 valence electrons. The van der Waals surface area contributed by atoms with E-state index in [0.717, 1.165) is 209 Å². The molecule has 0 unspecified atom stereocenters. The van der Waals surface area contributed by atoms with Gasteiger partial charge in [-0.3, -0.25) is 9.51 Å². The molecule has 0 atom stereocenters. The number of imidazole rings is 3. The minimum absolute atomic E-state index is 0.720. The normalized spacial score (nSPS) is 12.6. The van der Waals surface area contributed by atoms with Crippen LogP contribution in [0.2, 0.25) is 0 Å². The van der Waals surface area contributed by atoms with Crippen molar-refractivity contribution < 1.29 is 120 Å². The van der Waals surface area contributed by atoms with Crippen LogP contribution in [0.4, 0.5) is 0 Å². The lowest BCUT2D eigenvalue weighted by atomic mass is 9.99. The number of hydrogen-bond donors (Lipinski definition) is 10. The first-order valence-electron chi connectivity index (χ1n) is 40.0. The van der Waals surface area contributed by atoms with Crippen LogP contribution in [-0.4, -0.2) is 111 Å². The first kappa shape index (κ1) is 74.1. The molecule has 30 nitrogen and oxygen atoms in total. The summed E-state index contributed by atoms with van der Waals surface area (Å²) in [7, 11) is -9.45. The van der Waals surface area contributed by atoms with Gasteiger partial charge < -0.3 is 64.5 Å². The highest BCUT2D eigenvalue weighted by molar-refractivity contribution is 6.34. The summed E-state index contributed by atoms with van der Waals surface area (Å²) in [6, 6.07) is 70.8. The molecule has 15 aromatic heterocycles. The van der Waals surface area contributed by atoms with Crippen molar-refractivity contribution in [2.24, 2.45) is 0 Å². The highest BCUT2D eigenvalue weighted by Crippen LogP contribution is 2.40. The molecule has 0 fully saturated rings. The van der Waals surface area contributed by atoms with Crippen LogP contribution < -0.4 is 69.3 Å². The quantitative estimate of drug-likeness (QED) is 0.0474. The van der Waals surface area contributed by atoms with Crippen molar-refractivity contribution in [3.05, 3.63) is 321 Å². The summed E-state index contributed by atoms with van der Waals surface area (Å²) < 4.78 is 50.8. The Hall–Kier alpha value is -15.0. The SMILES string of the molecule is OB(O)O[n+]1ccc2c3c4c(ccc[n+]4C2)c2ccccc2c31.OB(O)O[n+]1ccc2c3c4c(ccc[n+]4C2)c2cccnc2c31.OB(O)On1ccc2c3c1c1ccccc1[n+]1c(-c4ccccc4)c[n+](c31)C2.OB(O)On1ccc2c3c1c1ccccc1[n+]1cc[n+](c31)C2.OB(O)On1ccc2c3c1c1ncccc1[n+]1c(-c4ccccc4)c[n+](c31)C2. The lowest BCUT2D eigenvalue weighted by Gasteiger charge is -2.12. The lowest BCUT2D eigenvalue weighted by Crippen LogP contribution is -2.50. The maximum absolute atomic E-state index is 9.39. The highest BCUT2D eigenvalue weighted by atomic mass is 16.7. The van der Waals surface area contributed by atoms with Crippen molar-refractivity contribution >= 4 is 184 Å². The third-order valence-corrected chi connectivity index (χ3v) is 23.9. The van der Waals surface area contributed by atoms with Crippen LogP contribution in [-0.2, 0) is 32.7 Å². The number of rotatable bonds is 12. The zero-order chi connectivity index (χ0) is 83.6. The Morgan fingerprint density at radius 3 is 1.26 bits per heavy atom. The maximum atomic E-state index is 9.39. The number of pyridine rings is 12. The Morgan fingerprint density at radius 1 is 0.290 bits per heavy atom. The van der Waals surface area contributed by atoms with E-state index in [1.165, 1.54) is 45.7 Å². The summed E-state index contributed by atoms with van der Waals surface area (Å²) >= 11 is 0. The van der Waals surface area contributed by atoms with Gasteiger partial charge in [0, 0.05) is 117 Å². The number of nitrogens with zero attached hydrogens (tertiary/aromatic N) is 15. The number of aromatic nitrogens is 15. The van der Waals surface area contributed by atoms with E-state index in [9.17, 15) is 50.2 Å². The van der Waals surface area contributed by atoms with E-state index in [0.29, 0.717) is 0 Å². The van der Waals surface area contributed by atoms with Crippen LogP contribution in [0.15, 0.2) is 293 Å². The standard InChI is InChI=1S/C21H16BN3O3.C20H15BN4O3.C17H13BN2O3.C16H12BN3O3.C15H12BN3O3/c26-22(27)28-24-11-10-15-12-23-13-18(14-6-2-1-3-7-14)25-17-9-5-4-8-16(17)20(24)19(15)21(23)25;26-21(27)28-24-10-8-14-11-23-12-16(13-5-2-1-3-6-13)25-15-7-4-9-22-18(15)19(24)17(14)20(23)25;21-18(22)23-20-9-7-11-10-19-8-3-6-13-12-4-1-2-5-14(12)17(20)15(11)16(13)19;21-17(22)23-20-8-5-10-9-19-7-2-4-12-11-3-1-6-18-14(11)16(20)13(10)15(12)19;20-16(21)22-19-6-5-10-9-17-7-8-18-12-4-2-1-3-11(12)14(19)13(10)15(17)18/h1-11,13,26-27H,12H2;1-10,12,26-27H,11H2;1-9,21-22H,10H2;1-8,21-22H,9H2;1-8,20-21H,9H2/q5*+2. The second-order valence-corrected chi connectivity index (χ2v) is 30.7. The molecular weight excluding hydrogens is 1570 g/mol. The fourth-order valence-electron chi connectivity index (χ4n) is 19.4. The zero-order valence-corrected chi connectivity index (χ0v) is 65.4. The Bertz CT molecular complexity index is 7930. The number of hydrogen-bond acceptors (Lipinski definition) is 17. The first-order chi connectivity index (χ1) is 60.7. The van der Waals surface area contributed by atoms with Crippen molar-refractivity contribution in [2.45, 2.75) is 32.7 Å². The molecule has 27 rings (SSSR count). The molecule has 20 heterocycles. The molecule has 0 bridgehead atoms. The molecule has 0 radical (unpaired) electrons. The third kappa shape index (κ3) is 11.6. The van der Waals surface area contributed by atoms with E-state index in [-0.39, 0.29) is 0 Å². The number of benzene rings is 7. The molecular formula is C89H68B5N15O15+10. The first-order valence-corrected chi connectivity index (χ1v) is 40.0. The molecule has 0 saturated carbocycles. The van der Waals surface area contributed by atoms with E-state index in [2.05, 4.69) is 138 Å². The minimum atomic E-state index is -1.92. The molecule has 5 aliphatic heterocycles. The van der Waals surface area contributed by atoms with Crippen LogP contribution in [0.3, 0.4) is 0 Å². The van der Waals surface area contributed by atoms with Gasteiger partial charge in [0.2, 0.25) is 64.8 Å². The average molecular weight is 1640 g/mol. The molecule has 7 aromatic carbocycles. The zero-order valence-electron chi connectivity index (χ0n) is 65.4. The molecule has 0 spiro atoms. The number of fused-ring (bicyclic) bond motifs is 15. The largest absolute Gasteiger partial charge is 0.771 e. The predicted molar refractivity (Wildman–Crippen MR) is 453 cm³/mol. The van der Waals surface area contributed by atoms with Gasteiger partial charge in [-0.15, -0.1) is 13.7 Å². The van der Waals surface area contributed by atoms with Crippen LogP contribution in [0, 0.1) is 0 Å². The Kier molecular flexibility index (Phi) is 17.2. The van der Waals surface area contributed by atoms with Crippen molar-refractivity contribution in [1.29, 1.82) is 0 Å². The average Bonchev–Trinajstić information content (AvgIpc) is 1.55. The maximum Gasteiger partial charge on any atom is 0.771 e. The van der Waals surface area contributed by atoms with E-state index in [1.807, 2.05) is 158 Å². The van der Waals surface area contributed by atoms with E-state index >= 15 is 0 Å². The monoisotopic (exact) mass is 1640 g/mol. The summed E-state index contributed by atoms with van der Waals surface area (Å²) in [5, 5.41) is 106. The van der Waals surface area contributed by atoms with Crippen molar-refractivity contribution in [3.63, 3.8) is 0 Å². The molecule has 0 saturated heterocycles. The van der Waals surface area contributed by atoms with Crippen LogP contribution in [0.25, 0.3) is 170 Å². The van der Waals surface area contributed by atoms with Gasteiger partial charge in [-0.25, -0.2) is 24.2 Å². The van der Waals surface area contributed by atoms with Gasteiger partial charge in [0.1, 0.15) is 32.8 Å². The number of para-hydroxylation sites is 2. The molecule has 0 amide bonds. The van der Waals surface area contributed by atoms with Gasteiger partial charge in [-0.2, -0.15) is 9.13 Å². The molecule has 5 aliphatic rings. The van der Waals surface area contributed by atoms with Gasteiger partial charge in [-0.1, -0.05) is 98.1 Å². The van der Waals surface area contributed by atoms with Crippen molar-refractivity contribution in [3.8, 4) is 22.5 Å². The minimum Gasteiger partial charge on any atom is -0.421 e. The summed E-state index contributed by atoms with van der Waals surface area (Å²) in [5.41, 5.74) is 24.3. The summed E-state index contributed by atoms with van der Waals surface area (Å²) in [6.45, 7) is 3.90. The van der Waals surface area contributed by atoms with E-state index in [1.54, 1.807) is 43.4 Å². The Morgan fingerprint density at radius 2 is 0.694 bits per heavy atom. The smallest absolute Gasteiger partial charge is 0.421 e. The van der Waals surface area contributed by atoms with Crippen molar-refractivity contribution in [2.75, 3.05) is 0 Å². The van der Waals surface area contributed by atoms with Gasteiger partial charge in [0.05, 0.1) is 38.1 Å². The predicted octanol–water partition coefficient (Wildman–Crippen LogP) is 1.83.